The van der Waals surface area contributed by atoms with E-state index in [1.165, 1.54) is 13.2 Å². The lowest BCUT2D eigenvalue weighted by molar-refractivity contribution is 0.373. The Morgan fingerprint density at radius 3 is 2.74 bits per heavy atom. The zero-order valence-electron chi connectivity index (χ0n) is 10.2. The van der Waals surface area contributed by atoms with Gasteiger partial charge in [0.1, 0.15) is 11.3 Å². The second-order valence-corrected chi connectivity index (χ2v) is 4.10. The molecule has 3 rings (SSSR count). The highest BCUT2D eigenvalue weighted by Gasteiger charge is 2.14. The van der Waals surface area contributed by atoms with E-state index in [2.05, 4.69) is 4.98 Å². The maximum absolute atomic E-state index is 10.2. The number of benzene rings is 1. The molecule has 0 aliphatic carbocycles. The molecule has 0 fully saturated rings. The summed E-state index contributed by atoms with van der Waals surface area (Å²) in [5.41, 5.74) is 1.78. The average Bonchev–Trinajstić information content (AvgIpc) is 2.77. The van der Waals surface area contributed by atoms with E-state index >= 15 is 0 Å². The van der Waals surface area contributed by atoms with Gasteiger partial charge in [-0.05, 0) is 30.3 Å². The fourth-order valence-corrected chi connectivity index (χ4v) is 2.00. The number of aromatic hydroxyl groups is 2. The molecule has 2 aromatic heterocycles. The molecule has 0 bridgehead atoms. The first-order chi connectivity index (χ1) is 9.20. The Balaban J connectivity index is 2.21. The van der Waals surface area contributed by atoms with Gasteiger partial charge in [0.05, 0.1) is 7.11 Å². The van der Waals surface area contributed by atoms with Gasteiger partial charge in [-0.3, -0.25) is 4.40 Å². The molecule has 0 saturated carbocycles. The zero-order valence-corrected chi connectivity index (χ0v) is 10.2. The Bertz CT molecular complexity index is 750. The highest BCUT2D eigenvalue weighted by Crippen LogP contribution is 2.35. The van der Waals surface area contributed by atoms with Gasteiger partial charge < -0.3 is 14.9 Å². The summed E-state index contributed by atoms with van der Waals surface area (Å²) in [7, 11) is 1.47. The molecule has 2 N–H and O–H groups in total. The third-order valence-electron chi connectivity index (χ3n) is 2.96. The van der Waals surface area contributed by atoms with Crippen molar-refractivity contribution >= 4 is 5.65 Å². The minimum Gasteiger partial charge on any atom is -0.504 e. The van der Waals surface area contributed by atoms with Crippen LogP contribution in [0.4, 0.5) is 0 Å². The first-order valence-electron chi connectivity index (χ1n) is 5.74. The van der Waals surface area contributed by atoms with Crippen LogP contribution in [-0.4, -0.2) is 26.7 Å². The standard InChI is InChI=1S/C14H12N2O3/c1-19-11-8-9(5-6-10(11)17)13-14(18)16-7-3-2-4-12(16)15-13/h2-8,17-18H,1H3. The Labute approximate surface area is 109 Å². The van der Waals surface area contributed by atoms with Gasteiger partial charge in [-0.15, -0.1) is 0 Å². The molecular weight excluding hydrogens is 244 g/mol. The summed E-state index contributed by atoms with van der Waals surface area (Å²) in [4.78, 5) is 4.36. The summed E-state index contributed by atoms with van der Waals surface area (Å²) in [5, 5.41) is 19.8. The second-order valence-electron chi connectivity index (χ2n) is 4.10. The molecule has 5 heteroatoms. The monoisotopic (exact) mass is 256 g/mol. The smallest absolute Gasteiger partial charge is 0.224 e. The van der Waals surface area contributed by atoms with Gasteiger partial charge in [-0.1, -0.05) is 6.07 Å². The van der Waals surface area contributed by atoms with E-state index in [4.69, 9.17) is 4.74 Å². The summed E-state index contributed by atoms with van der Waals surface area (Å²) in [6.45, 7) is 0. The predicted octanol–water partition coefficient (Wildman–Crippen LogP) is 2.42. The number of aromatic nitrogens is 2. The van der Waals surface area contributed by atoms with Gasteiger partial charge in [0.25, 0.3) is 0 Å². The van der Waals surface area contributed by atoms with Crippen LogP contribution in [0.5, 0.6) is 17.4 Å². The third kappa shape index (κ3) is 1.76. The number of hydrogen-bond donors (Lipinski definition) is 2. The maximum atomic E-state index is 10.2. The molecule has 2 heterocycles. The van der Waals surface area contributed by atoms with Crippen molar-refractivity contribution in [1.82, 2.24) is 9.38 Å². The largest absolute Gasteiger partial charge is 0.504 e. The topological polar surface area (TPSA) is 67.0 Å². The van der Waals surface area contributed by atoms with Gasteiger partial charge >= 0.3 is 0 Å². The number of ether oxygens (including phenoxy) is 1. The highest BCUT2D eigenvalue weighted by atomic mass is 16.5. The molecule has 0 atom stereocenters. The Kier molecular flexibility index (Phi) is 2.52. The predicted molar refractivity (Wildman–Crippen MR) is 70.5 cm³/mol. The molecule has 0 radical (unpaired) electrons. The number of fused-ring (bicyclic) bond motifs is 1. The molecule has 3 aromatic rings. The van der Waals surface area contributed by atoms with Gasteiger partial charge in [0.15, 0.2) is 11.5 Å². The Morgan fingerprint density at radius 2 is 2.00 bits per heavy atom. The molecule has 1 aromatic carbocycles. The summed E-state index contributed by atoms with van der Waals surface area (Å²) in [6.07, 6.45) is 1.73. The minimum absolute atomic E-state index is 0.0505. The summed E-state index contributed by atoms with van der Waals surface area (Å²) >= 11 is 0. The highest BCUT2D eigenvalue weighted by molar-refractivity contribution is 5.71. The van der Waals surface area contributed by atoms with Crippen LogP contribution < -0.4 is 4.74 Å². The van der Waals surface area contributed by atoms with Gasteiger partial charge in [0, 0.05) is 11.8 Å². The molecule has 0 spiro atoms. The lowest BCUT2D eigenvalue weighted by atomic mass is 10.1. The summed E-state index contributed by atoms with van der Waals surface area (Å²) < 4.78 is 6.65. The number of phenols is 1. The lowest BCUT2D eigenvalue weighted by Crippen LogP contribution is -1.85. The van der Waals surface area contributed by atoms with Crippen molar-refractivity contribution < 1.29 is 14.9 Å². The second kappa shape index (κ2) is 4.20. The number of pyridine rings is 1. The van der Waals surface area contributed by atoms with E-state index in [9.17, 15) is 10.2 Å². The molecule has 19 heavy (non-hydrogen) atoms. The van der Waals surface area contributed by atoms with Crippen molar-refractivity contribution in [2.75, 3.05) is 7.11 Å². The number of methoxy groups -OCH3 is 1. The fourth-order valence-electron chi connectivity index (χ4n) is 2.00. The van der Waals surface area contributed by atoms with E-state index in [-0.39, 0.29) is 11.6 Å². The molecular formula is C14H12N2O3. The van der Waals surface area contributed by atoms with E-state index in [1.54, 1.807) is 28.8 Å². The molecule has 96 valence electrons. The van der Waals surface area contributed by atoms with Crippen LogP contribution in [0, 0.1) is 0 Å². The van der Waals surface area contributed by atoms with E-state index in [1.807, 2.05) is 12.1 Å². The third-order valence-corrected chi connectivity index (χ3v) is 2.96. The zero-order chi connectivity index (χ0) is 13.4. The SMILES string of the molecule is COc1cc(-c2nc3ccccn3c2O)ccc1O. The summed E-state index contributed by atoms with van der Waals surface area (Å²) in [5.74, 6) is 0.451. The number of hydrogen-bond acceptors (Lipinski definition) is 4. The lowest BCUT2D eigenvalue weighted by Gasteiger charge is -2.05. The Morgan fingerprint density at radius 1 is 1.16 bits per heavy atom. The van der Waals surface area contributed by atoms with Crippen molar-refractivity contribution in [3.63, 3.8) is 0 Å². The van der Waals surface area contributed by atoms with Gasteiger partial charge in [0.2, 0.25) is 5.88 Å². The van der Waals surface area contributed by atoms with Crippen LogP contribution in [0.1, 0.15) is 0 Å². The maximum Gasteiger partial charge on any atom is 0.224 e. The summed E-state index contributed by atoms with van der Waals surface area (Å²) in [6, 6.07) is 10.3. The Hall–Kier alpha value is -2.69. The molecule has 0 saturated heterocycles. The van der Waals surface area contributed by atoms with Crippen LogP contribution in [0.25, 0.3) is 16.9 Å². The van der Waals surface area contributed by atoms with Crippen LogP contribution in [0.3, 0.4) is 0 Å². The first kappa shape index (κ1) is 11.4. The normalized spacial score (nSPS) is 10.8. The number of phenolic OH excluding ortho intramolecular Hbond substituents is 1. The van der Waals surface area contributed by atoms with E-state index < -0.39 is 0 Å². The number of nitrogens with zero attached hydrogens (tertiary/aromatic N) is 2. The van der Waals surface area contributed by atoms with Crippen molar-refractivity contribution in [3.05, 3.63) is 42.6 Å². The quantitative estimate of drug-likeness (QED) is 0.739. The molecule has 5 nitrogen and oxygen atoms in total. The van der Waals surface area contributed by atoms with Crippen molar-refractivity contribution in [3.8, 4) is 28.6 Å². The minimum atomic E-state index is 0.0505. The molecule has 0 unspecified atom stereocenters. The first-order valence-corrected chi connectivity index (χ1v) is 5.74. The van der Waals surface area contributed by atoms with Crippen molar-refractivity contribution in [1.29, 1.82) is 0 Å². The fraction of sp³-hybridized carbons (Fsp3) is 0.0714. The van der Waals surface area contributed by atoms with Gasteiger partial charge in [-0.2, -0.15) is 0 Å². The van der Waals surface area contributed by atoms with Crippen LogP contribution in [0.15, 0.2) is 42.6 Å². The van der Waals surface area contributed by atoms with Crippen molar-refractivity contribution in [2.45, 2.75) is 0 Å². The molecule has 0 aliphatic rings. The number of rotatable bonds is 2. The van der Waals surface area contributed by atoms with Gasteiger partial charge in [-0.25, -0.2) is 4.98 Å². The molecule has 0 aliphatic heterocycles. The van der Waals surface area contributed by atoms with Crippen molar-refractivity contribution in [2.24, 2.45) is 0 Å². The number of imidazole rings is 1. The van der Waals surface area contributed by atoms with Crippen LogP contribution in [0.2, 0.25) is 0 Å². The van der Waals surface area contributed by atoms with Crippen LogP contribution >= 0.6 is 0 Å². The van der Waals surface area contributed by atoms with E-state index in [0.717, 1.165) is 0 Å². The van der Waals surface area contributed by atoms with Crippen LogP contribution in [-0.2, 0) is 0 Å². The average molecular weight is 256 g/mol. The van der Waals surface area contributed by atoms with E-state index in [0.29, 0.717) is 22.7 Å². The molecule has 0 amide bonds.